The number of benzene rings is 2. The molecule has 2 aromatic carbocycles. The fourth-order valence-corrected chi connectivity index (χ4v) is 4.76. The monoisotopic (exact) mass is 493 g/mol. The third kappa shape index (κ3) is 5.26. The number of fused-ring (bicyclic) bond motifs is 1. The first-order valence-electron chi connectivity index (χ1n) is 12.1. The Labute approximate surface area is 208 Å². The summed E-state index contributed by atoms with van der Waals surface area (Å²) in [6.45, 7) is 3.33. The van der Waals surface area contributed by atoms with Crippen LogP contribution < -0.4 is 10.1 Å². The van der Waals surface area contributed by atoms with Crippen LogP contribution >= 0.6 is 0 Å². The van der Waals surface area contributed by atoms with Crippen LogP contribution in [0.1, 0.15) is 58.9 Å². The maximum atomic E-state index is 13.6. The molecule has 0 radical (unpaired) electrons. The van der Waals surface area contributed by atoms with E-state index >= 15 is 0 Å². The van der Waals surface area contributed by atoms with Gasteiger partial charge in [0.1, 0.15) is 17.8 Å². The fourth-order valence-electron chi connectivity index (χ4n) is 4.76. The summed E-state index contributed by atoms with van der Waals surface area (Å²) in [4.78, 5) is 30.8. The minimum Gasteiger partial charge on any atom is -0.484 e. The van der Waals surface area contributed by atoms with Crippen molar-refractivity contribution in [2.45, 2.75) is 44.9 Å². The molecule has 2 aliphatic heterocycles. The number of nitrogens with zero attached hydrogens (tertiary/aromatic N) is 2. The molecule has 2 atom stereocenters. The van der Waals surface area contributed by atoms with E-state index in [1.165, 1.54) is 18.4 Å². The summed E-state index contributed by atoms with van der Waals surface area (Å²) in [7, 11) is 0. The summed E-state index contributed by atoms with van der Waals surface area (Å²) in [5.74, 6) is 0.156. The minimum atomic E-state index is -0.337. The molecular formula is C27H28FN3O5. The van der Waals surface area contributed by atoms with Crippen LogP contribution in [0.25, 0.3) is 0 Å². The van der Waals surface area contributed by atoms with Crippen LogP contribution in [0, 0.1) is 5.82 Å². The van der Waals surface area contributed by atoms with Crippen LogP contribution in [0.4, 0.5) is 4.39 Å². The Hall–Kier alpha value is -3.72. The van der Waals surface area contributed by atoms with Crippen molar-refractivity contribution in [1.82, 2.24) is 15.2 Å². The van der Waals surface area contributed by atoms with Crippen LogP contribution in [-0.2, 0) is 22.6 Å². The lowest BCUT2D eigenvalue weighted by Crippen LogP contribution is -2.39. The maximum absolute atomic E-state index is 13.6. The molecule has 8 nitrogen and oxygen atoms in total. The van der Waals surface area contributed by atoms with Gasteiger partial charge in [0.2, 0.25) is 11.8 Å². The van der Waals surface area contributed by atoms with Gasteiger partial charge in [-0.2, -0.15) is 0 Å². The molecule has 2 aliphatic rings. The number of aromatic nitrogens is 1. The van der Waals surface area contributed by atoms with Gasteiger partial charge in [0.15, 0.2) is 12.3 Å². The van der Waals surface area contributed by atoms with Crippen molar-refractivity contribution in [3.05, 3.63) is 82.8 Å². The molecule has 36 heavy (non-hydrogen) atoms. The molecule has 3 heterocycles. The second-order valence-electron chi connectivity index (χ2n) is 9.04. The average Bonchev–Trinajstić information content (AvgIpc) is 3.58. The summed E-state index contributed by atoms with van der Waals surface area (Å²) < 4.78 is 30.4. The van der Waals surface area contributed by atoms with Gasteiger partial charge in [0.25, 0.3) is 5.91 Å². The fraction of sp³-hybridized carbons (Fsp3) is 0.370. The molecule has 1 saturated heterocycles. The third-order valence-electron chi connectivity index (χ3n) is 6.60. The first kappa shape index (κ1) is 24.0. The molecule has 5 rings (SSSR count). The summed E-state index contributed by atoms with van der Waals surface area (Å²) in [5, 5.41) is 2.82. The number of halogens is 1. The second-order valence-corrected chi connectivity index (χ2v) is 9.04. The highest BCUT2D eigenvalue weighted by Gasteiger charge is 2.31. The van der Waals surface area contributed by atoms with Crippen LogP contribution in [0.2, 0.25) is 0 Å². The molecule has 2 amide bonds. The predicted octanol–water partition coefficient (Wildman–Crippen LogP) is 3.80. The van der Waals surface area contributed by atoms with Gasteiger partial charge in [-0.1, -0.05) is 18.2 Å². The minimum absolute atomic E-state index is 0.0371. The van der Waals surface area contributed by atoms with E-state index in [0.717, 1.165) is 42.6 Å². The van der Waals surface area contributed by atoms with Crippen molar-refractivity contribution in [2.24, 2.45) is 0 Å². The van der Waals surface area contributed by atoms with Crippen molar-refractivity contribution in [1.29, 1.82) is 0 Å². The topological polar surface area (TPSA) is 93.9 Å². The summed E-state index contributed by atoms with van der Waals surface area (Å²) in [6, 6.07) is 11.6. The van der Waals surface area contributed by atoms with E-state index < -0.39 is 0 Å². The second kappa shape index (κ2) is 10.5. The number of nitrogens with one attached hydrogen (secondary N) is 1. The number of ether oxygens (including phenoxy) is 2. The first-order chi connectivity index (χ1) is 17.5. The maximum Gasteiger partial charge on any atom is 0.273 e. The zero-order chi connectivity index (χ0) is 25.1. The zero-order valence-electron chi connectivity index (χ0n) is 20.0. The Kier molecular flexibility index (Phi) is 6.99. The first-order valence-corrected chi connectivity index (χ1v) is 12.1. The van der Waals surface area contributed by atoms with E-state index in [4.69, 9.17) is 13.9 Å². The smallest absolute Gasteiger partial charge is 0.273 e. The van der Waals surface area contributed by atoms with Gasteiger partial charge in [-0.05, 0) is 60.2 Å². The summed E-state index contributed by atoms with van der Waals surface area (Å²) in [6.07, 6.45) is 4.02. The molecule has 188 valence electrons. The van der Waals surface area contributed by atoms with Crippen LogP contribution in [0.5, 0.6) is 5.75 Å². The van der Waals surface area contributed by atoms with E-state index in [-0.39, 0.29) is 48.0 Å². The standard InChI is InChI=1S/C27H28FN3O5/c1-17(32)31-11-10-18-6-9-21(13-23(18)26(31)19-4-7-20(28)8-5-19)35-16-25-30-24(15-36-25)27(33)29-14-22-3-2-12-34-22/h4-9,13,15,22,26H,2-3,10-12,14,16H2,1H3,(H,29,33). The summed E-state index contributed by atoms with van der Waals surface area (Å²) in [5.41, 5.74) is 3.05. The van der Waals surface area contributed by atoms with Gasteiger partial charge < -0.3 is 24.1 Å². The van der Waals surface area contributed by atoms with Crippen LogP contribution in [0.15, 0.2) is 53.1 Å². The lowest BCUT2D eigenvalue weighted by Gasteiger charge is -2.37. The number of amides is 2. The SMILES string of the molecule is CC(=O)N1CCc2ccc(OCc3nc(C(=O)NCC4CCCO4)co3)cc2C1c1ccc(F)cc1. The van der Waals surface area contributed by atoms with Crippen LogP contribution in [0.3, 0.4) is 0 Å². The predicted molar refractivity (Wildman–Crippen MR) is 128 cm³/mol. The molecule has 0 aliphatic carbocycles. The number of carbonyl (C=O) groups excluding carboxylic acids is 2. The van der Waals surface area contributed by atoms with Crippen LogP contribution in [-0.4, -0.2) is 47.5 Å². The van der Waals surface area contributed by atoms with E-state index in [1.54, 1.807) is 24.0 Å². The Balaban J connectivity index is 1.28. The number of hydrogen-bond acceptors (Lipinski definition) is 6. The molecule has 0 spiro atoms. The third-order valence-corrected chi connectivity index (χ3v) is 6.60. The summed E-state index contributed by atoms with van der Waals surface area (Å²) >= 11 is 0. The van der Waals surface area contributed by atoms with Gasteiger partial charge in [0, 0.05) is 26.6 Å². The van der Waals surface area contributed by atoms with E-state index in [9.17, 15) is 14.0 Å². The Morgan fingerprint density at radius 3 is 2.81 bits per heavy atom. The van der Waals surface area contributed by atoms with Gasteiger partial charge >= 0.3 is 0 Å². The number of rotatable bonds is 7. The quantitative estimate of drug-likeness (QED) is 0.538. The Morgan fingerprint density at radius 2 is 2.06 bits per heavy atom. The lowest BCUT2D eigenvalue weighted by atomic mass is 9.88. The van der Waals surface area contributed by atoms with E-state index in [2.05, 4.69) is 10.3 Å². The molecule has 9 heteroatoms. The zero-order valence-corrected chi connectivity index (χ0v) is 20.0. The molecule has 3 aromatic rings. The highest BCUT2D eigenvalue weighted by molar-refractivity contribution is 5.91. The Bertz CT molecular complexity index is 1240. The largest absolute Gasteiger partial charge is 0.484 e. The highest BCUT2D eigenvalue weighted by atomic mass is 19.1. The molecule has 1 fully saturated rings. The van der Waals surface area contributed by atoms with Crippen molar-refractivity contribution in [3.63, 3.8) is 0 Å². The molecular weight excluding hydrogens is 465 g/mol. The molecule has 0 saturated carbocycles. The Morgan fingerprint density at radius 1 is 1.22 bits per heavy atom. The van der Waals surface area contributed by atoms with Gasteiger partial charge in [-0.25, -0.2) is 9.37 Å². The van der Waals surface area contributed by atoms with Crippen molar-refractivity contribution in [2.75, 3.05) is 19.7 Å². The van der Waals surface area contributed by atoms with E-state index in [1.807, 2.05) is 18.2 Å². The van der Waals surface area contributed by atoms with Gasteiger partial charge in [-0.3, -0.25) is 9.59 Å². The van der Waals surface area contributed by atoms with Gasteiger partial charge in [-0.15, -0.1) is 0 Å². The normalized spacial score (nSPS) is 19.1. The molecule has 1 aromatic heterocycles. The average molecular weight is 494 g/mol. The molecule has 0 bridgehead atoms. The number of carbonyl (C=O) groups is 2. The van der Waals surface area contributed by atoms with Crippen molar-refractivity contribution >= 4 is 11.8 Å². The number of oxazole rings is 1. The number of hydrogen-bond donors (Lipinski definition) is 1. The van der Waals surface area contributed by atoms with Crippen molar-refractivity contribution < 1.29 is 27.9 Å². The van der Waals surface area contributed by atoms with Crippen molar-refractivity contribution in [3.8, 4) is 5.75 Å². The lowest BCUT2D eigenvalue weighted by molar-refractivity contribution is -0.130. The molecule has 1 N–H and O–H groups in total. The highest BCUT2D eigenvalue weighted by Crippen LogP contribution is 2.37. The van der Waals surface area contributed by atoms with E-state index in [0.29, 0.717) is 18.8 Å². The van der Waals surface area contributed by atoms with Gasteiger partial charge in [0.05, 0.1) is 12.1 Å². The molecule has 2 unspecified atom stereocenters.